The molecular formula is C22H24N8. The minimum absolute atomic E-state index is 0.479. The van der Waals surface area contributed by atoms with Crippen molar-refractivity contribution in [2.24, 2.45) is 0 Å². The second-order valence-corrected chi connectivity index (χ2v) is 7.55. The van der Waals surface area contributed by atoms with Gasteiger partial charge in [0.25, 0.3) is 0 Å². The standard InChI is InChI=1S/C22H24N8/c23-19-10-15(6-9-25-19)17-12-27-22-20(17)21(28-13-29-22)26-11-16-2-1-3-18(30-16)14-4-7-24-8-5-14/h1-3,6,9-10,12-14,24H,4-5,7-8,11H2,(H2,23,25)(H2,26,27,28,29). The molecule has 0 saturated carbocycles. The normalized spacial score (nSPS) is 14.8. The second kappa shape index (κ2) is 8.08. The van der Waals surface area contributed by atoms with Crippen LogP contribution in [0.25, 0.3) is 22.2 Å². The zero-order valence-electron chi connectivity index (χ0n) is 16.6. The zero-order chi connectivity index (χ0) is 20.3. The van der Waals surface area contributed by atoms with Crippen LogP contribution in [-0.2, 0) is 6.54 Å². The van der Waals surface area contributed by atoms with E-state index in [2.05, 4.69) is 48.8 Å². The van der Waals surface area contributed by atoms with Crippen LogP contribution in [0, 0.1) is 0 Å². The summed E-state index contributed by atoms with van der Waals surface area (Å²) < 4.78 is 0. The third kappa shape index (κ3) is 3.69. The molecule has 5 N–H and O–H groups in total. The van der Waals surface area contributed by atoms with E-state index < -0.39 is 0 Å². The molecule has 30 heavy (non-hydrogen) atoms. The predicted octanol–water partition coefficient (Wildman–Crippen LogP) is 3.08. The summed E-state index contributed by atoms with van der Waals surface area (Å²) in [7, 11) is 0. The number of anilines is 2. The van der Waals surface area contributed by atoms with Crippen molar-refractivity contribution in [1.29, 1.82) is 0 Å². The van der Waals surface area contributed by atoms with Crippen LogP contribution in [0.3, 0.4) is 0 Å². The fourth-order valence-corrected chi connectivity index (χ4v) is 4.06. The molecule has 1 aliphatic rings. The van der Waals surface area contributed by atoms with Crippen molar-refractivity contribution < 1.29 is 0 Å². The van der Waals surface area contributed by atoms with Crippen LogP contribution in [0.5, 0.6) is 0 Å². The maximum absolute atomic E-state index is 5.88. The van der Waals surface area contributed by atoms with E-state index in [1.165, 1.54) is 5.69 Å². The monoisotopic (exact) mass is 400 g/mol. The summed E-state index contributed by atoms with van der Waals surface area (Å²) >= 11 is 0. The predicted molar refractivity (Wildman–Crippen MR) is 118 cm³/mol. The van der Waals surface area contributed by atoms with Gasteiger partial charge in [0.2, 0.25) is 0 Å². The molecule has 8 nitrogen and oxygen atoms in total. The van der Waals surface area contributed by atoms with Crippen LogP contribution in [0.2, 0.25) is 0 Å². The molecule has 0 atom stereocenters. The van der Waals surface area contributed by atoms with Crippen molar-refractivity contribution in [2.45, 2.75) is 25.3 Å². The smallest absolute Gasteiger partial charge is 0.143 e. The van der Waals surface area contributed by atoms with Crippen LogP contribution in [0.4, 0.5) is 11.6 Å². The average Bonchev–Trinajstić information content (AvgIpc) is 3.23. The highest BCUT2D eigenvalue weighted by Crippen LogP contribution is 2.32. The fraction of sp³-hybridized carbons (Fsp3) is 0.273. The van der Waals surface area contributed by atoms with Crippen molar-refractivity contribution in [3.63, 3.8) is 0 Å². The summed E-state index contributed by atoms with van der Waals surface area (Å²) in [5.74, 6) is 1.78. The highest BCUT2D eigenvalue weighted by Gasteiger charge is 2.17. The van der Waals surface area contributed by atoms with Gasteiger partial charge in [-0.2, -0.15) is 0 Å². The van der Waals surface area contributed by atoms with Crippen molar-refractivity contribution in [3.8, 4) is 11.1 Å². The van der Waals surface area contributed by atoms with Gasteiger partial charge in [0.05, 0.1) is 17.6 Å². The lowest BCUT2D eigenvalue weighted by Gasteiger charge is -2.22. The highest BCUT2D eigenvalue weighted by atomic mass is 15.0. The van der Waals surface area contributed by atoms with Gasteiger partial charge in [0.15, 0.2) is 0 Å². The molecule has 0 unspecified atom stereocenters. The lowest BCUT2D eigenvalue weighted by Crippen LogP contribution is -2.27. The van der Waals surface area contributed by atoms with Crippen LogP contribution in [-0.4, -0.2) is 38.0 Å². The SMILES string of the molecule is Nc1cc(-c2c[nH]c3ncnc(NCc4cccc(C5CCNCC5)n4)c23)ccn1. The van der Waals surface area contributed by atoms with Gasteiger partial charge in [-0.3, -0.25) is 4.98 Å². The van der Waals surface area contributed by atoms with E-state index in [9.17, 15) is 0 Å². The van der Waals surface area contributed by atoms with Gasteiger partial charge in [0.1, 0.15) is 23.6 Å². The van der Waals surface area contributed by atoms with E-state index in [-0.39, 0.29) is 0 Å². The molecule has 0 amide bonds. The van der Waals surface area contributed by atoms with E-state index in [1.807, 2.05) is 18.3 Å². The van der Waals surface area contributed by atoms with Crippen LogP contribution < -0.4 is 16.4 Å². The number of nitrogen functional groups attached to an aromatic ring is 1. The number of hydrogen-bond acceptors (Lipinski definition) is 7. The third-order valence-electron chi connectivity index (χ3n) is 5.58. The maximum atomic E-state index is 5.88. The highest BCUT2D eigenvalue weighted by molar-refractivity contribution is 6.01. The van der Waals surface area contributed by atoms with Crippen molar-refractivity contribution in [1.82, 2.24) is 30.2 Å². The Kier molecular flexibility index (Phi) is 4.98. The number of piperidine rings is 1. The summed E-state index contributed by atoms with van der Waals surface area (Å²) in [6.45, 7) is 2.71. The molecule has 0 bridgehead atoms. The van der Waals surface area contributed by atoms with E-state index >= 15 is 0 Å². The molecule has 0 radical (unpaired) electrons. The number of H-pyrrole nitrogens is 1. The molecule has 1 aliphatic heterocycles. The first-order valence-electron chi connectivity index (χ1n) is 10.2. The largest absolute Gasteiger partial charge is 0.384 e. The molecule has 0 aliphatic carbocycles. The minimum Gasteiger partial charge on any atom is -0.384 e. The van der Waals surface area contributed by atoms with Crippen LogP contribution in [0.15, 0.2) is 49.1 Å². The molecule has 1 fully saturated rings. The summed E-state index contributed by atoms with van der Waals surface area (Å²) in [6, 6.07) is 10.1. The Bertz CT molecular complexity index is 1160. The van der Waals surface area contributed by atoms with Gasteiger partial charge in [0, 0.05) is 29.6 Å². The summed E-state index contributed by atoms with van der Waals surface area (Å²) in [6.07, 6.45) is 7.47. The van der Waals surface area contributed by atoms with Crippen molar-refractivity contribution >= 4 is 22.7 Å². The van der Waals surface area contributed by atoms with E-state index in [0.717, 1.165) is 59.6 Å². The summed E-state index contributed by atoms with van der Waals surface area (Å²) in [4.78, 5) is 21.1. The average molecular weight is 400 g/mol. The second-order valence-electron chi connectivity index (χ2n) is 7.55. The molecule has 5 heterocycles. The molecule has 152 valence electrons. The Balaban J connectivity index is 1.42. The van der Waals surface area contributed by atoms with Crippen LogP contribution >= 0.6 is 0 Å². The number of aromatic nitrogens is 5. The van der Waals surface area contributed by atoms with E-state index in [0.29, 0.717) is 18.3 Å². The number of nitrogens with one attached hydrogen (secondary N) is 3. The first-order chi connectivity index (χ1) is 14.8. The molecule has 1 saturated heterocycles. The first-order valence-corrected chi connectivity index (χ1v) is 10.2. The Morgan fingerprint density at radius 1 is 1.10 bits per heavy atom. The van der Waals surface area contributed by atoms with E-state index in [4.69, 9.17) is 10.7 Å². The number of fused-ring (bicyclic) bond motifs is 1. The van der Waals surface area contributed by atoms with Gasteiger partial charge in [-0.1, -0.05) is 6.07 Å². The van der Waals surface area contributed by atoms with Crippen LogP contribution in [0.1, 0.15) is 30.1 Å². The quantitative estimate of drug-likeness (QED) is 0.407. The molecule has 5 rings (SSSR count). The Labute approximate surface area is 174 Å². The zero-order valence-corrected chi connectivity index (χ0v) is 16.6. The molecule has 4 aromatic heterocycles. The first kappa shape index (κ1) is 18.5. The summed E-state index contributed by atoms with van der Waals surface area (Å²) in [5, 5.41) is 7.79. The van der Waals surface area contributed by atoms with Gasteiger partial charge in [-0.15, -0.1) is 0 Å². The molecular weight excluding hydrogens is 376 g/mol. The van der Waals surface area contributed by atoms with Crippen molar-refractivity contribution in [3.05, 3.63) is 60.4 Å². The van der Waals surface area contributed by atoms with Gasteiger partial charge in [-0.25, -0.2) is 15.0 Å². The molecule has 8 heteroatoms. The summed E-state index contributed by atoms with van der Waals surface area (Å²) in [5.41, 5.74) is 10.8. The van der Waals surface area contributed by atoms with Gasteiger partial charge in [-0.05, 0) is 55.8 Å². The number of pyridine rings is 2. The Morgan fingerprint density at radius 2 is 2.00 bits per heavy atom. The topological polar surface area (TPSA) is 117 Å². The number of nitrogens with zero attached hydrogens (tertiary/aromatic N) is 4. The van der Waals surface area contributed by atoms with E-state index in [1.54, 1.807) is 12.5 Å². The lowest BCUT2D eigenvalue weighted by molar-refractivity contribution is 0.452. The number of rotatable bonds is 5. The Hall–Kier alpha value is -3.52. The number of aromatic amines is 1. The fourth-order valence-electron chi connectivity index (χ4n) is 4.06. The molecule has 0 aromatic carbocycles. The van der Waals surface area contributed by atoms with Crippen molar-refractivity contribution in [2.75, 3.05) is 24.1 Å². The van der Waals surface area contributed by atoms with Gasteiger partial charge >= 0.3 is 0 Å². The third-order valence-corrected chi connectivity index (χ3v) is 5.58. The molecule has 4 aromatic rings. The maximum Gasteiger partial charge on any atom is 0.143 e. The number of hydrogen-bond donors (Lipinski definition) is 4. The Morgan fingerprint density at radius 3 is 2.87 bits per heavy atom. The number of nitrogens with two attached hydrogens (primary N) is 1. The van der Waals surface area contributed by atoms with Gasteiger partial charge < -0.3 is 21.4 Å². The molecule has 0 spiro atoms. The minimum atomic E-state index is 0.479. The lowest BCUT2D eigenvalue weighted by atomic mass is 9.94.